The minimum atomic E-state index is -0.378. The number of hydrogen-bond acceptors (Lipinski definition) is 6. The van der Waals surface area contributed by atoms with Crippen molar-refractivity contribution in [1.82, 2.24) is 10.3 Å². The topological polar surface area (TPSA) is 80.3 Å². The Hall–Kier alpha value is -2.36. The summed E-state index contributed by atoms with van der Waals surface area (Å²) in [6.07, 6.45) is -0.186. The first-order valence-corrected chi connectivity index (χ1v) is 10.3. The number of rotatable bonds is 4. The van der Waals surface area contributed by atoms with E-state index in [0.29, 0.717) is 16.3 Å². The van der Waals surface area contributed by atoms with Crippen LogP contribution in [0.15, 0.2) is 46.9 Å². The van der Waals surface area contributed by atoms with Crippen molar-refractivity contribution in [3.63, 3.8) is 0 Å². The van der Waals surface area contributed by atoms with Crippen LogP contribution in [0.4, 0.5) is 5.13 Å². The largest absolute Gasteiger partial charge is 0.459 e. The van der Waals surface area contributed by atoms with Gasteiger partial charge in [-0.3, -0.25) is 10.1 Å². The lowest BCUT2D eigenvalue weighted by Gasteiger charge is -2.07. The van der Waals surface area contributed by atoms with Gasteiger partial charge >= 0.3 is 5.97 Å². The second-order valence-electron chi connectivity index (χ2n) is 6.07. The van der Waals surface area contributed by atoms with Crippen molar-refractivity contribution < 1.29 is 14.3 Å². The zero-order valence-electron chi connectivity index (χ0n) is 15.0. The van der Waals surface area contributed by atoms with Gasteiger partial charge in [0.1, 0.15) is 0 Å². The summed E-state index contributed by atoms with van der Waals surface area (Å²) in [5.74, 6) is -0.693. The first-order valence-electron chi connectivity index (χ1n) is 8.31. The molecule has 9 heteroatoms. The van der Waals surface area contributed by atoms with Gasteiger partial charge in [-0.2, -0.15) is 0 Å². The number of thiazole rings is 1. The second-order valence-corrected chi connectivity index (χ2v) is 8.43. The smallest absolute Gasteiger partial charge is 0.338 e. The number of amides is 1. The zero-order valence-corrected chi connectivity index (χ0v) is 18.2. The molecule has 0 radical (unpaired) electrons. The number of halogens is 1. The predicted octanol–water partition coefficient (Wildman–Crippen LogP) is 4.75. The number of aromatic nitrogens is 1. The highest BCUT2D eigenvalue weighted by molar-refractivity contribution is 9.10. The molecule has 0 unspecified atom stereocenters. The first-order chi connectivity index (χ1) is 13.3. The molecule has 144 valence electrons. The maximum atomic E-state index is 12.2. The zero-order chi connectivity index (χ0) is 20.3. The Morgan fingerprint density at radius 1 is 1.14 bits per heavy atom. The SMILES string of the molecule is CC(C)OC(=O)c1ccc2nc(NC(=S)NC(=O)c3ccc(Br)cc3)sc2c1. The molecule has 0 fully saturated rings. The van der Waals surface area contributed by atoms with Crippen LogP contribution in [-0.4, -0.2) is 28.1 Å². The third-order valence-corrected chi connectivity index (χ3v) is 5.19. The van der Waals surface area contributed by atoms with Gasteiger partial charge in [0, 0.05) is 10.0 Å². The summed E-state index contributed by atoms with van der Waals surface area (Å²) in [5.41, 5.74) is 1.67. The fraction of sp³-hybridized carbons (Fsp3) is 0.158. The molecule has 1 amide bonds. The number of thiocarbonyl (C=S) groups is 1. The van der Waals surface area contributed by atoms with Crippen molar-refractivity contribution in [1.29, 1.82) is 0 Å². The third-order valence-electron chi connectivity index (χ3n) is 3.52. The molecular formula is C19H16BrN3O3S2. The third kappa shape index (κ3) is 5.12. The molecule has 0 atom stereocenters. The molecule has 0 aliphatic carbocycles. The molecule has 28 heavy (non-hydrogen) atoms. The Morgan fingerprint density at radius 2 is 1.82 bits per heavy atom. The van der Waals surface area contributed by atoms with Crippen molar-refractivity contribution in [2.24, 2.45) is 0 Å². The molecular weight excluding hydrogens is 462 g/mol. The quantitative estimate of drug-likeness (QED) is 0.416. The number of nitrogens with one attached hydrogen (secondary N) is 2. The average Bonchev–Trinajstić information content (AvgIpc) is 3.02. The van der Waals surface area contributed by atoms with Crippen molar-refractivity contribution >= 4 is 71.8 Å². The summed E-state index contributed by atoms with van der Waals surface area (Å²) in [7, 11) is 0. The number of fused-ring (bicyclic) bond motifs is 1. The number of carbonyl (C=O) groups is 2. The summed E-state index contributed by atoms with van der Waals surface area (Å²) in [4.78, 5) is 28.7. The van der Waals surface area contributed by atoms with Crippen LogP contribution < -0.4 is 10.6 Å². The molecule has 3 rings (SSSR count). The van der Waals surface area contributed by atoms with Crippen molar-refractivity contribution in [3.05, 3.63) is 58.1 Å². The minimum absolute atomic E-state index is 0.145. The highest BCUT2D eigenvalue weighted by Gasteiger charge is 2.13. The fourth-order valence-electron chi connectivity index (χ4n) is 2.29. The maximum absolute atomic E-state index is 12.2. The number of carbonyl (C=O) groups excluding carboxylic acids is 2. The number of benzene rings is 2. The van der Waals surface area contributed by atoms with Crippen LogP contribution in [0, 0.1) is 0 Å². The highest BCUT2D eigenvalue weighted by atomic mass is 79.9. The number of ether oxygens (including phenoxy) is 1. The molecule has 0 aliphatic rings. The number of nitrogens with zero attached hydrogens (tertiary/aromatic N) is 1. The van der Waals surface area contributed by atoms with Crippen LogP contribution >= 0.6 is 39.5 Å². The Labute approximate surface area is 179 Å². The Bertz CT molecular complexity index is 1050. The summed E-state index contributed by atoms with van der Waals surface area (Å²) < 4.78 is 6.90. The van der Waals surface area contributed by atoms with Crippen LogP contribution in [0.3, 0.4) is 0 Å². The molecule has 0 saturated carbocycles. The maximum Gasteiger partial charge on any atom is 0.338 e. The van der Waals surface area contributed by atoms with E-state index in [-0.39, 0.29) is 23.1 Å². The van der Waals surface area contributed by atoms with Crippen LogP contribution in [-0.2, 0) is 4.74 Å². The van der Waals surface area contributed by atoms with Gasteiger partial charge in [0.2, 0.25) is 0 Å². The lowest BCUT2D eigenvalue weighted by atomic mass is 10.2. The fourth-order valence-corrected chi connectivity index (χ4v) is 3.72. The van der Waals surface area contributed by atoms with E-state index in [9.17, 15) is 9.59 Å². The van der Waals surface area contributed by atoms with Crippen LogP contribution in [0.5, 0.6) is 0 Å². The van der Waals surface area contributed by atoms with E-state index in [2.05, 4.69) is 31.5 Å². The average molecular weight is 478 g/mol. The minimum Gasteiger partial charge on any atom is -0.459 e. The van der Waals surface area contributed by atoms with E-state index in [1.165, 1.54) is 11.3 Å². The van der Waals surface area contributed by atoms with Crippen molar-refractivity contribution in [2.45, 2.75) is 20.0 Å². The van der Waals surface area contributed by atoms with E-state index in [4.69, 9.17) is 17.0 Å². The van der Waals surface area contributed by atoms with Crippen LogP contribution in [0.1, 0.15) is 34.6 Å². The van der Waals surface area contributed by atoms with Gasteiger partial charge in [-0.05, 0) is 68.5 Å². The number of hydrogen-bond donors (Lipinski definition) is 2. The van der Waals surface area contributed by atoms with Crippen molar-refractivity contribution in [3.8, 4) is 0 Å². The van der Waals surface area contributed by atoms with E-state index in [1.54, 1.807) is 56.3 Å². The van der Waals surface area contributed by atoms with Gasteiger partial charge in [0.15, 0.2) is 10.2 Å². The molecule has 3 aromatic rings. The number of anilines is 1. The molecule has 0 saturated heterocycles. The number of esters is 1. The summed E-state index contributed by atoms with van der Waals surface area (Å²) in [6, 6.07) is 12.1. The Kier molecular flexibility index (Phi) is 6.38. The lowest BCUT2D eigenvalue weighted by molar-refractivity contribution is 0.0378. The van der Waals surface area contributed by atoms with Gasteiger partial charge in [0.25, 0.3) is 5.91 Å². The van der Waals surface area contributed by atoms with Gasteiger partial charge < -0.3 is 10.1 Å². The first kappa shape index (κ1) is 20.4. The van der Waals surface area contributed by atoms with E-state index in [0.717, 1.165) is 14.7 Å². The Balaban J connectivity index is 1.68. The molecule has 1 heterocycles. The summed E-state index contributed by atoms with van der Waals surface area (Å²) >= 11 is 9.85. The highest BCUT2D eigenvalue weighted by Crippen LogP contribution is 2.27. The standard InChI is InChI=1S/C19H16BrN3O3S2/c1-10(2)26-17(25)12-5-8-14-15(9-12)28-19(21-14)23-18(27)22-16(24)11-3-6-13(20)7-4-11/h3-10H,1-2H3,(H2,21,22,23,24,27). The molecule has 1 aromatic heterocycles. The summed E-state index contributed by atoms with van der Waals surface area (Å²) in [5, 5.41) is 6.19. The molecule has 2 N–H and O–H groups in total. The normalized spacial score (nSPS) is 10.7. The molecule has 0 bridgehead atoms. The van der Waals surface area contributed by atoms with Gasteiger partial charge in [-0.25, -0.2) is 9.78 Å². The molecule has 0 aliphatic heterocycles. The Morgan fingerprint density at radius 3 is 2.50 bits per heavy atom. The molecule has 0 spiro atoms. The monoisotopic (exact) mass is 477 g/mol. The van der Waals surface area contributed by atoms with Gasteiger partial charge in [-0.1, -0.05) is 27.3 Å². The lowest BCUT2D eigenvalue weighted by Crippen LogP contribution is -2.34. The van der Waals surface area contributed by atoms with E-state index < -0.39 is 0 Å². The summed E-state index contributed by atoms with van der Waals surface area (Å²) in [6.45, 7) is 3.60. The van der Waals surface area contributed by atoms with E-state index >= 15 is 0 Å². The van der Waals surface area contributed by atoms with Crippen LogP contribution in [0.2, 0.25) is 0 Å². The second kappa shape index (κ2) is 8.76. The van der Waals surface area contributed by atoms with Crippen molar-refractivity contribution in [2.75, 3.05) is 5.32 Å². The van der Waals surface area contributed by atoms with Gasteiger partial charge in [0.05, 0.1) is 21.9 Å². The van der Waals surface area contributed by atoms with Gasteiger partial charge in [-0.15, -0.1) is 0 Å². The molecule has 2 aromatic carbocycles. The molecule has 6 nitrogen and oxygen atoms in total. The predicted molar refractivity (Wildman–Crippen MR) is 118 cm³/mol. The van der Waals surface area contributed by atoms with Crippen LogP contribution in [0.25, 0.3) is 10.2 Å². The van der Waals surface area contributed by atoms with E-state index in [1.807, 2.05) is 0 Å².